The summed E-state index contributed by atoms with van der Waals surface area (Å²) in [7, 11) is 1.89. The van der Waals surface area contributed by atoms with Gasteiger partial charge >= 0.3 is 0 Å². The van der Waals surface area contributed by atoms with E-state index in [9.17, 15) is 4.79 Å². The topological polar surface area (TPSA) is 59.0 Å². The van der Waals surface area contributed by atoms with Crippen LogP contribution in [0.3, 0.4) is 0 Å². The van der Waals surface area contributed by atoms with Gasteiger partial charge in [0.25, 0.3) is 0 Å². The first-order valence-corrected chi connectivity index (χ1v) is 8.61. The number of benzene rings is 1. The lowest BCUT2D eigenvalue weighted by Crippen LogP contribution is -2.45. The van der Waals surface area contributed by atoms with E-state index in [1.165, 1.54) is 16.7 Å². The molecule has 3 heterocycles. The van der Waals surface area contributed by atoms with Crippen molar-refractivity contribution in [3.8, 4) is 0 Å². The smallest absolute Gasteiger partial charge is 0.243 e. The summed E-state index contributed by atoms with van der Waals surface area (Å²) < 4.78 is 1.79. The SMILES string of the molecule is Cn1nc2c(c1NC(=O)[C@H]1Cc3ccccc3CN1)CSC2. The Balaban J connectivity index is 1.52. The number of amides is 1. The third-order valence-corrected chi connectivity index (χ3v) is 5.32. The molecule has 0 unspecified atom stereocenters. The fourth-order valence-electron chi connectivity index (χ4n) is 3.14. The minimum atomic E-state index is -0.186. The van der Waals surface area contributed by atoms with E-state index in [1.807, 2.05) is 30.9 Å². The van der Waals surface area contributed by atoms with Crippen molar-refractivity contribution in [1.82, 2.24) is 15.1 Å². The molecule has 0 bridgehead atoms. The Morgan fingerprint density at radius 1 is 1.36 bits per heavy atom. The molecule has 0 radical (unpaired) electrons. The number of hydrogen-bond acceptors (Lipinski definition) is 4. The van der Waals surface area contributed by atoms with Crippen molar-refractivity contribution in [3.05, 3.63) is 46.6 Å². The van der Waals surface area contributed by atoms with Crippen molar-refractivity contribution in [2.75, 3.05) is 5.32 Å². The maximum atomic E-state index is 12.6. The Morgan fingerprint density at radius 3 is 3.05 bits per heavy atom. The number of aryl methyl sites for hydroxylation is 1. The highest BCUT2D eigenvalue weighted by molar-refractivity contribution is 7.98. The number of nitrogens with one attached hydrogen (secondary N) is 2. The lowest BCUT2D eigenvalue weighted by atomic mass is 9.95. The second-order valence-corrected chi connectivity index (χ2v) is 6.77. The number of aromatic nitrogens is 2. The molecule has 22 heavy (non-hydrogen) atoms. The molecular weight excluding hydrogens is 296 g/mol. The minimum Gasteiger partial charge on any atom is -0.309 e. The summed E-state index contributed by atoms with van der Waals surface area (Å²) in [6, 6.07) is 8.10. The molecule has 0 fully saturated rings. The molecule has 114 valence electrons. The fourth-order valence-corrected chi connectivity index (χ4v) is 4.18. The van der Waals surface area contributed by atoms with Crippen molar-refractivity contribution in [3.63, 3.8) is 0 Å². The van der Waals surface area contributed by atoms with E-state index in [0.29, 0.717) is 0 Å². The van der Waals surface area contributed by atoms with Crippen LogP contribution < -0.4 is 10.6 Å². The van der Waals surface area contributed by atoms with Gasteiger partial charge in [0.2, 0.25) is 5.91 Å². The zero-order chi connectivity index (χ0) is 15.1. The first-order chi connectivity index (χ1) is 10.7. The lowest BCUT2D eigenvalue weighted by molar-refractivity contribution is -0.118. The van der Waals surface area contributed by atoms with Crippen LogP contribution in [-0.2, 0) is 36.3 Å². The second-order valence-electron chi connectivity index (χ2n) is 5.79. The van der Waals surface area contributed by atoms with Crippen LogP contribution in [0, 0.1) is 0 Å². The fraction of sp³-hybridized carbons (Fsp3) is 0.375. The predicted molar refractivity (Wildman–Crippen MR) is 87.6 cm³/mol. The molecule has 0 saturated heterocycles. The van der Waals surface area contributed by atoms with Gasteiger partial charge in [-0.15, -0.1) is 0 Å². The van der Waals surface area contributed by atoms with Crippen LogP contribution in [0.15, 0.2) is 24.3 Å². The number of hydrogen-bond donors (Lipinski definition) is 2. The number of thioether (sulfide) groups is 1. The Morgan fingerprint density at radius 2 is 2.18 bits per heavy atom. The summed E-state index contributed by atoms with van der Waals surface area (Å²) in [6.07, 6.45) is 0.733. The average molecular weight is 314 g/mol. The van der Waals surface area contributed by atoms with Gasteiger partial charge in [0.05, 0.1) is 11.7 Å². The second kappa shape index (κ2) is 5.44. The first kappa shape index (κ1) is 13.8. The van der Waals surface area contributed by atoms with Gasteiger partial charge in [0, 0.05) is 30.7 Å². The summed E-state index contributed by atoms with van der Waals surface area (Å²) in [5, 5.41) is 10.9. The molecule has 2 N–H and O–H groups in total. The molecule has 0 saturated carbocycles. The van der Waals surface area contributed by atoms with E-state index >= 15 is 0 Å². The molecule has 0 spiro atoms. The molecule has 1 amide bonds. The molecule has 2 aromatic rings. The van der Waals surface area contributed by atoms with E-state index in [-0.39, 0.29) is 11.9 Å². The Kier molecular flexibility index (Phi) is 3.43. The quantitative estimate of drug-likeness (QED) is 0.888. The maximum absolute atomic E-state index is 12.6. The van der Waals surface area contributed by atoms with Gasteiger partial charge < -0.3 is 10.6 Å². The van der Waals surface area contributed by atoms with Gasteiger partial charge in [-0.3, -0.25) is 9.48 Å². The zero-order valence-corrected chi connectivity index (χ0v) is 13.2. The van der Waals surface area contributed by atoms with Crippen molar-refractivity contribution in [1.29, 1.82) is 0 Å². The Labute approximate surface area is 133 Å². The predicted octanol–water partition coefficient (Wildman–Crippen LogP) is 1.82. The number of nitrogens with zero attached hydrogens (tertiary/aromatic N) is 2. The van der Waals surface area contributed by atoms with Gasteiger partial charge in [-0.05, 0) is 17.5 Å². The highest BCUT2D eigenvalue weighted by Crippen LogP contribution is 2.34. The van der Waals surface area contributed by atoms with E-state index in [1.54, 1.807) is 4.68 Å². The Hall–Kier alpha value is -1.79. The monoisotopic (exact) mass is 314 g/mol. The highest BCUT2D eigenvalue weighted by Gasteiger charge is 2.27. The van der Waals surface area contributed by atoms with Gasteiger partial charge in [-0.25, -0.2) is 0 Å². The molecular formula is C16H18N4OS. The van der Waals surface area contributed by atoms with Gasteiger partial charge in [0.15, 0.2) is 0 Å². The van der Waals surface area contributed by atoms with Crippen LogP contribution in [-0.4, -0.2) is 21.7 Å². The van der Waals surface area contributed by atoms with E-state index in [2.05, 4.69) is 27.9 Å². The summed E-state index contributed by atoms with van der Waals surface area (Å²) >= 11 is 1.84. The van der Waals surface area contributed by atoms with Crippen LogP contribution in [0.4, 0.5) is 5.82 Å². The van der Waals surface area contributed by atoms with Gasteiger partial charge in [-0.2, -0.15) is 16.9 Å². The van der Waals surface area contributed by atoms with Crippen molar-refractivity contribution in [2.24, 2.45) is 7.05 Å². The average Bonchev–Trinajstić information content (AvgIpc) is 3.09. The van der Waals surface area contributed by atoms with Crippen LogP contribution in [0.5, 0.6) is 0 Å². The molecule has 1 atom stereocenters. The lowest BCUT2D eigenvalue weighted by Gasteiger charge is -2.25. The minimum absolute atomic E-state index is 0.0252. The largest absolute Gasteiger partial charge is 0.309 e. The number of carbonyl (C=O) groups excluding carboxylic acids is 1. The van der Waals surface area contributed by atoms with Crippen molar-refractivity contribution < 1.29 is 4.79 Å². The summed E-state index contributed by atoms with van der Waals surface area (Å²) in [5.41, 5.74) is 4.82. The zero-order valence-electron chi connectivity index (χ0n) is 12.4. The van der Waals surface area contributed by atoms with Gasteiger partial charge in [0.1, 0.15) is 5.82 Å². The molecule has 5 nitrogen and oxygen atoms in total. The summed E-state index contributed by atoms with van der Waals surface area (Å²) in [6.45, 7) is 0.744. The molecule has 1 aromatic carbocycles. The van der Waals surface area contributed by atoms with E-state index < -0.39 is 0 Å². The summed E-state index contributed by atoms with van der Waals surface area (Å²) in [4.78, 5) is 12.6. The molecule has 1 aromatic heterocycles. The maximum Gasteiger partial charge on any atom is 0.243 e. The van der Waals surface area contributed by atoms with Crippen LogP contribution in [0.25, 0.3) is 0 Å². The van der Waals surface area contributed by atoms with Crippen LogP contribution in [0.2, 0.25) is 0 Å². The van der Waals surface area contributed by atoms with Crippen LogP contribution in [0.1, 0.15) is 22.4 Å². The number of carbonyl (C=O) groups is 1. The normalized spacial score (nSPS) is 19.6. The molecule has 0 aliphatic carbocycles. The van der Waals surface area contributed by atoms with E-state index in [4.69, 9.17) is 0 Å². The van der Waals surface area contributed by atoms with Crippen molar-refractivity contribution >= 4 is 23.5 Å². The third kappa shape index (κ3) is 2.32. The molecule has 2 aliphatic heterocycles. The third-order valence-electron chi connectivity index (χ3n) is 4.35. The standard InChI is InChI=1S/C16H18N4OS/c1-20-15(12-8-22-9-14(12)19-20)18-16(21)13-6-10-4-2-3-5-11(10)7-17-13/h2-5,13,17H,6-9H2,1H3,(H,18,21)/t13-/m1/s1. The number of rotatable bonds is 2. The highest BCUT2D eigenvalue weighted by atomic mass is 32.2. The molecule has 6 heteroatoms. The Bertz CT molecular complexity index is 740. The number of fused-ring (bicyclic) bond motifs is 2. The number of anilines is 1. The van der Waals surface area contributed by atoms with Gasteiger partial charge in [-0.1, -0.05) is 24.3 Å². The molecule has 4 rings (SSSR count). The first-order valence-electron chi connectivity index (χ1n) is 7.46. The summed E-state index contributed by atoms with van der Waals surface area (Å²) in [5.74, 6) is 2.75. The van der Waals surface area contributed by atoms with E-state index in [0.717, 1.165) is 36.0 Å². The van der Waals surface area contributed by atoms with Crippen molar-refractivity contribution in [2.45, 2.75) is 30.5 Å². The van der Waals surface area contributed by atoms with Crippen LogP contribution >= 0.6 is 11.8 Å². The molecule has 2 aliphatic rings.